The van der Waals surface area contributed by atoms with Gasteiger partial charge < -0.3 is 10.1 Å². The maximum Gasteiger partial charge on any atom is 0.237 e. The van der Waals surface area contributed by atoms with Crippen LogP contribution in [0.25, 0.3) is 0 Å². The monoisotopic (exact) mass is 442 g/mol. The quantitative estimate of drug-likeness (QED) is 0.356. The van der Waals surface area contributed by atoms with Gasteiger partial charge in [-0.1, -0.05) is 59.8 Å². The third-order valence-electron chi connectivity index (χ3n) is 4.25. The van der Waals surface area contributed by atoms with Crippen LogP contribution in [0.15, 0.2) is 72.4 Å². The molecule has 0 saturated carbocycles. The number of hydrogen-bond donors (Lipinski definition) is 1. The summed E-state index contributed by atoms with van der Waals surface area (Å²) < 4.78 is 7.88. The molecule has 3 aromatic rings. The van der Waals surface area contributed by atoms with Gasteiger partial charge in [0.25, 0.3) is 0 Å². The lowest BCUT2D eigenvalue weighted by Gasteiger charge is -2.17. The van der Waals surface area contributed by atoms with E-state index in [0.717, 1.165) is 5.69 Å². The van der Waals surface area contributed by atoms with E-state index in [4.69, 9.17) is 16.3 Å². The summed E-state index contributed by atoms with van der Waals surface area (Å²) >= 11 is 7.53. The molecule has 1 heterocycles. The molecule has 0 saturated heterocycles. The highest BCUT2D eigenvalue weighted by atomic mass is 35.5. The van der Waals surface area contributed by atoms with E-state index in [1.807, 2.05) is 60.9 Å². The Bertz CT molecular complexity index is 1010. The Balaban J connectivity index is 1.74. The Hall–Kier alpha value is -2.77. The number of thioether (sulfide) groups is 1. The highest BCUT2D eigenvalue weighted by Gasteiger charge is 2.23. The van der Waals surface area contributed by atoms with Gasteiger partial charge in [-0.25, -0.2) is 0 Å². The van der Waals surface area contributed by atoms with Crippen LogP contribution < -0.4 is 10.1 Å². The van der Waals surface area contributed by atoms with Crippen molar-refractivity contribution in [2.24, 2.45) is 0 Å². The van der Waals surface area contributed by atoms with Crippen LogP contribution in [0.2, 0.25) is 5.02 Å². The first kappa shape index (κ1) is 21.9. The molecule has 0 aliphatic heterocycles. The molecule has 0 spiro atoms. The van der Waals surface area contributed by atoms with E-state index in [1.54, 1.807) is 18.2 Å². The standard InChI is InChI=1S/C22H23ClN4O2S/c1-4-14-27-20(15(2)29-19-13-9-8-12-18(19)23)25-26-22(27)30-16(3)21(28)24-17-10-6-5-7-11-17/h4-13,15-16H,1,14H2,2-3H3,(H,24,28). The number of aromatic nitrogens is 3. The number of hydrogen-bond acceptors (Lipinski definition) is 5. The van der Waals surface area contributed by atoms with Gasteiger partial charge in [-0.3, -0.25) is 9.36 Å². The Kier molecular flexibility index (Phi) is 7.54. The Morgan fingerprint density at radius 3 is 2.60 bits per heavy atom. The first-order chi connectivity index (χ1) is 14.5. The number of ether oxygens (including phenoxy) is 1. The van der Waals surface area contributed by atoms with E-state index in [9.17, 15) is 4.79 Å². The van der Waals surface area contributed by atoms with Crippen LogP contribution in [0, 0.1) is 0 Å². The lowest BCUT2D eigenvalue weighted by molar-refractivity contribution is -0.115. The average Bonchev–Trinajstić information content (AvgIpc) is 3.13. The largest absolute Gasteiger partial charge is 0.481 e. The maximum atomic E-state index is 12.6. The zero-order chi connectivity index (χ0) is 21.5. The molecule has 1 aromatic heterocycles. The number of anilines is 1. The number of carbonyl (C=O) groups excluding carboxylic acids is 1. The Morgan fingerprint density at radius 2 is 1.90 bits per heavy atom. The molecule has 8 heteroatoms. The lowest BCUT2D eigenvalue weighted by atomic mass is 10.3. The predicted molar refractivity (Wildman–Crippen MR) is 121 cm³/mol. The number of para-hydroxylation sites is 2. The van der Waals surface area contributed by atoms with E-state index < -0.39 is 0 Å². The van der Waals surface area contributed by atoms with Gasteiger partial charge in [0.15, 0.2) is 17.1 Å². The zero-order valence-electron chi connectivity index (χ0n) is 16.8. The minimum atomic E-state index is -0.389. The second kappa shape index (κ2) is 10.3. The van der Waals surface area contributed by atoms with Gasteiger partial charge >= 0.3 is 0 Å². The molecule has 0 bridgehead atoms. The van der Waals surface area contributed by atoms with Gasteiger partial charge in [0.05, 0.1) is 10.3 Å². The summed E-state index contributed by atoms with van der Waals surface area (Å²) in [6.45, 7) is 8.03. The lowest BCUT2D eigenvalue weighted by Crippen LogP contribution is -2.23. The molecule has 2 aromatic carbocycles. The number of rotatable bonds is 9. The molecule has 6 nitrogen and oxygen atoms in total. The normalized spacial score (nSPS) is 12.8. The zero-order valence-corrected chi connectivity index (χ0v) is 18.4. The molecular formula is C22H23ClN4O2S. The fourth-order valence-corrected chi connectivity index (χ4v) is 3.79. The topological polar surface area (TPSA) is 69.0 Å². The van der Waals surface area contributed by atoms with Crippen LogP contribution >= 0.6 is 23.4 Å². The first-order valence-electron chi connectivity index (χ1n) is 9.47. The summed E-state index contributed by atoms with van der Waals surface area (Å²) in [5, 5.41) is 12.3. The number of benzene rings is 2. The molecule has 156 valence electrons. The van der Waals surface area contributed by atoms with Crippen molar-refractivity contribution in [2.75, 3.05) is 5.32 Å². The fourth-order valence-electron chi connectivity index (χ4n) is 2.75. The number of nitrogens with zero attached hydrogens (tertiary/aromatic N) is 3. The number of nitrogens with one attached hydrogen (secondary N) is 1. The smallest absolute Gasteiger partial charge is 0.237 e. The third kappa shape index (κ3) is 5.43. The van der Waals surface area contributed by atoms with Gasteiger partial charge in [0.2, 0.25) is 5.91 Å². The number of halogens is 1. The molecule has 30 heavy (non-hydrogen) atoms. The minimum absolute atomic E-state index is 0.110. The van der Waals surface area contributed by atoms with Crippen LogP contribution in [0.5, 0.6) is 5.75 Å². The molecule has 1 amide bonds. The van der Waals surface area contributed by atoms with Crippen molar-refractivity contribution in [1.82, 2.24) is 14.8 Å². The Morgan fingerprint density at radius 1 is 1.20 bits per heavy atom. The van der Waals surface area contributed by atoms with Crippen molar-refractivity contribution < 1.29 is 9.53 Å². The van der Waals surface area contributed by atoms with Crippen LogP contribution in [-0.4, -0.2) is 25.9 Å². The fraction of sp³-hybridized carbons (Fsp3) is 0.227. The average molecular weight is 443 g/mol. The summed E-state index contributed by atoms with van der Waals surface area (Å²) in [5.41, 5.74) is 0.755. The van der Waals surface area contributed by atoms with Crippen LogP contribution in [-0.2, 0) is 11.3 Å². The summed E-state index contributed by atoms with van der Waals surface area (Å²) in [5.74, 6) is 1.10. The number of amides is 1. The Labute approximate surface area is 185 Å². The summed E-state index contributed by atoms with van der Waals surface area (Å²) in [6, 6.07) is 16.6. The van der Waals surface area contributed by atoms with Crippen LogP contribution in [0.4, 0.5) is 5.69 Å². The molecule has 0 radical (unpaired) electrons. The third-order valence-corrected chi connectivity index (χ3v) is 5.65. The molecule has 0 aliphatic carbocycles. The van der Waals surface area contributed by atoms with E-state index >= 15 is 0 Å². The van der Waals surface area contributed by atoms with Crippen LogP contribution in [0.1, 0.15) is 25.8 Å². The number of allylic oxidation sites excluding steroid dienone is 1. The van der Waals surface area contributed by atoms with E-state index in [2.05, 4.69) is 22.1 Å². The van der Waals surface area contributed by atoms with Crippen molar-refractivity contribution in [1.29, 1.82) is 0 Å². The van der Waals surface area contributed by atoms with Gasteiger partial charge in [-0.2, -0.15) is 0 Å². The van der Waals surface area contributed by atoms with Crippen LogP contribution in [0.3, 0.4) is 0 Å². The summed E-state index contributed by atoms with van der Waals surface area (Å²) in [7, 11) is 0. The van der Waals surface area contributed by atoms with Gasteiger partial charge in [0.1, 0.15) is 5.75 Å². The van der Waals surface area contributed by atoms with E-state index in [-0.39, 0.29) is 17.3 Å². The van der Waals surface area contributed by atoms with E-state index in [1.165, 1.54) is 11.8 Å². The van der Waals surface area contributed by atoms with E-state index in [0.29, 0.717) is 28.3 Å². The first-order valence-corrected chi connectivity index (χ1v) is 10.7. The van der Waals surface area contributed by atoms with Gasteiger partial charge in [-0.05, 0) is 38.1 Å². The molecule has 0 fully saturated rings. The summed E-state index contributed by atoms with van der Waals surface area (Å²) in [6.07, 6.45) is 1.37. The molecule has 2 atom stereocenters. The minimum Gasteiger partial charge on any atom is -0.481 e. The van der Waals surface area contributed by atoms with Gasteiger partial charge in [-0.15, -0.1) is 16.8 Å². The molecule has 0 aliphatic rings. The second-order valence-corrected chi connectivity index (χ2v) is 8.26. The second-order valence-electron chi connectivity index (χ2n) is 6.55. The highest BCUT2D eigenvalue weighted by molar-refractivity contribution is 8.00. The molecule has 3 rings (SSSR count). The predicted octanol–water partition coefficient (Wildman–Crippen LogP) is 5.38. The van der Waals surface area contributed by atoms with Crippen molar-refractivity contribution >= 4 is 35.0 Å². The maximum absolute atomic E-state index is 12.6. The SMILES string of the molecule is C=CCn1c(SC(C)C(=O)Nc2ccccc2)nnc1C(C)Oc1ccccc1Cl. The molecular weight excluding hydrogens is 420 g/mol. The van der Waals surface area contributed by atoms with Gasteiger partial charge in [0, 0.05) is 12.2 Å². The van der Waals surface area contributed by atoms with Crippen molar-refractivity contribution in [3.8, 4) is 5.75 Å². The molecule has 1 N–H and O–H groups in total. The highest BCUT2D eigenvalue weighted by Crippen LogP contribution is 2.30. The van der Waals surface area contributed by atoms with Crippen molar-refractivity contribution in [3.63, 3.8) is 0 Å². The summed E-state index contributed by atoms with van der Waals surface area (Å²) in [4.78, 5) is 12.6. The number of carbonyl (C=O) groups is 1. The van der Waals surface area contributed by atoms with Crippen molar-refractivity contribution in [3.05, 3.63) is 78.1 Å². The van der Waals surface area contributed by atoms with Crippen molar-refractivity contribution in [2.45, 2.75) is 36.9 Å². The molecule has 2 unspecified atom stereocenters.